The van der Waals surface area contributed by atoms with E-state index in [1.54, 1.807) is 25.3 Å². The fourth-order valence-corrected chi connectivity index (χ4v) is 2.90. The summed E-state index contributed by atoms with van der Waals surface area (Å²) in [5, 5.41) is 22.4. The van der Waals surface area contributed by atoms with Crippen molar-refractivity contribution >= 4 is 34.9 Å². The highest BCUT2D eigenvalue weighted by Gasteiger charge is 2.23. The van der Waals surface area contributed by atoms with Gasteiger partial charge in [-0.2, -0.15) is 0 Å². The van der Waals surface area contributed by atoms with Crippen LogP contribution in [0.5, 0.6) is 17.2 Å². The average molecular weight is 442 g/mol. The zero-order valence-electron chi connectivity index (χ0n) is 16.2. The molecule has 3 aromatic rings. The van der Waals surface area contributed by atoms with Crippen molar-refractivity contribution in [2.24, 2.45) is 4.99 Å². The van der Waals surface area contributed by atoms with Crippen LogP contribution < -0.4 is 9.47 Å². The molecule has 0 aromatic heterocycles. The number of hydrogen-bond acceptors (Lipinski definition) is 7. The van der Waals surface area contributed by atoms with Gasteiger partial charge in [0.2, 0.25) is 5.75 Å². The van der Waals surface area contributed by atoms with E-state index >= 15 is 0 Å². The summed E-state index contributed by atoms with van der Waals surface area (Å²) in [6.07, 6.45) is 1.60. The number of para-hydroxylation sites is 1. The molecule has 0 aliphatic heterocycles. The van der Waals surface area contributed by atoms with Gasteiger partial charge in [-0.1, -0.05) is 29.8 Å². The Morgan fingerprint density at radius 2 is 1.74 bits per heavy atom. The molecule has 0 N–H and O–H groups in total. The summed E-state index contributed by atoms with van der Waals surface area (Å²) in [5.74, 6) is 0.0960. The van der Waals surface area contributed by atoms with Crippen molar-refractivity contribution in [3.05, 3.63) is 91.5 Å². The van der Waals surface area contributed by atoms with Gasteiger partial charge in [0, 0.05) is 12.3 Å². The summed E-state index contributed by atoms with van der Waals surface area (Å²) < 4.78 is 11.3. The lowest BCUT2D eigenvalue weighted by molar-refractivity contribution is -0.394. The van der Waals surface area contributed by atoms with E-state index in [-0.39, 0.29) is 28.9 Å². The van der Waals surface area contributed by atoms with Crippen molar-refractivity contribution in [2.75, 3.05) is 6.61 Å². The molecule has 0 spiro atoms. The van der Waals surface area contributed by atoms with Gasteiger partial charge in [0.05, 0.1) is 33.2 Å². The number of nitrogens with zero attached hydrogens (tertiary/aromatic N) is 3. The first-order valence-corrected chi connectivity index (χ1v) is 9.43. The van der Waals surface area contributed by atoms with Gasteiger partial charge < -0.3 is 9.47 Å². The third kappa shape index (κ3) is 5.34. The van der Waals surface area contributed by atoms with Crippen LogP contribution in [0.15, 0.2) is 65.7 Å². The van der Waals surface area contributed by atoms with E-state index < -0.39 is 21.2 Å². The number of non-ortho nitro benzene ring substituents is 1. The topological polar surface area (TPSA) is 117 Å². The number of rotatable bonds is 8. The molecule has 31 heavy (non-hydrogen) atoms. The Labute approximate surface area is 181 Å². The van der Waals surface area contributed by atoms with Crippen LogP contribution in [0.2, 0.25) is 5.02 Å². The maximum absolute atomic E-state index is 11.4. The summed E-state index contributed by atoms with van der Waals surface area (Å²) in [5.41, 5.74) is 0.381. The van der Waals surface area contributed by atoms with Gasteiger partial charge >= 0.3 is 5.69 Å². The first-order valence-electron chi connectivity index (χ1n) is 9.05. The highest BCUT2D eigenvalue weighted by molar-refractivity contribution is 6.32. The molecule has 0 radical (unpaired) electrons. The molecule has 0 saturated heterocycles. The normalized spacial score (nSPS) is 10.8. The molecule has 0 atom stereocenters. The van der Waals surface area contributed by atoms with E-state index in [1.807, 2.05) is 30.3 Å². The average Bonchev–Trinajstić information content (AvgIpc) is 2.75. The van der Waals surface area contributed by atoms with E-state index in [1.165, 1.54) is 0 Å². The van der Waals surface area contributed by atoms with Crippen LogP contribution in [-0.2, 0) is 0 Å². The Morgan fingerprint density at radius 1 is 1.00 bits per heavy atom. The lowest BCUT2D eigenvalue weighted by Gasteiger charge is -2.14. The van der Waals surface area contributed by atoms with Crippen LogP contribution in [0.1, 0.15) is 12.5 Å². The SMILES string of the molecule is CCOc1cc(C=Nc2ccccc2)cc(Cl)c1Oc1ccc([N+](=O)[O-])cc1[N+](=O)[O-]. The monoisotopic (exact) mass is 441 g/mol. The van der Waals surface area contributed by atoms with E-state index in [9.17, 15) is 20.2 Å². The van der Waals surface area contributed by atoms with Crippen molar-refractivity contribution in [3.8, 4) is 17.2 Å². The number of ether oxygens (including phenoxy) is 2. The van der Waals surface area contributed by atoms with Gasteiger partial charge in [-0.05, 0) is 42.8 Å². The number of halogens is 1. The lowest BCUT2D eigenvalue weighted by Crippen LogP contribution is -2.00. The van der Waals surface area contributed by atoms with E-state index in [2.05, 4.69) is 4.99 Å². The van der Waals surface area contributed by atoms with Crippen molar-refractivity contribution in [1.82, 2.24) is 0 Å². The van der Waals surface area contributed by atoms with Crippen LogP contribution in [-0.4, -0.2) is 22.7 Å². The highest BCUT2D eigenvalue weighted by atomic mass is 35.5. The Morgan fingerprint density at radius 3 is 2.39 bits per heavy atom. The third-order valence-electron chi connectivity index (χ3n) is 4.01. The number of nitro groups is 2. The molecule has 3 rings (SSSR count). The number of hydrogen-bond donors (Lipinski definition) is 0. The molecule has 0 amide bonds. The van der Waals surface area contributed by atoms with Crippen LogP contribution in [0.4, 0.5) is 17.1 Å². The lowest BCUT2D eigenvalue weighted by atomic mass is 10.2. The minimum absolute atomic E-state index is 0.0531. The molecule has 0 unspecified atom stereocenters. The Bertz CT molecular complexity index is 1150. The Hall–Kier alpha value is -3.98. The second-order valence-corrected chi connectivity index (χ2v) is 6.53. The standard InChI is InChI=1S/C21H16ClN3O6/c1-2-30-20-11-14(13-23-15-6-4-3-5-7-15)10-17(22)21(20)31-19-9-8-16(24(26)27)12-18(19)25(28)29/h3-13H,2H2,1H3. The van der Waals surface area contributed by atoms with Crippen molar-refractivity contribution in [3.63, 3.8) is 0 Å². The van der Waals surface area contributed by atoms with Crippen molar-refractivity contribution in [1.29, 1.82) is 0 Å². The molecule has 0 aliphatic carbocycles. The number of nitro benzene ring substituents is 2. The summed E-state index contributed by atoms with van der Waals surface area (Å²) >= 11 is 6.37. The molecule has 3 aromatic carbocycles. The Balaban J connectivity index is 1.99. The molecule has 158 valence electrons. The smallest absolute Gasteiger partial charge is 0.318 e. The minimum atomic E-state index is -0.766. The van der Waals surface area contributed by atoms with Crippen LogP contribution in [0.3, 0.4) is 0 Å². The summed E-state index contributed by atoms with van der Waals surface area (Å²) in [6, 6.07) is 15.6. The highest BCUT2D eigenvalue weighted by Crippen LogP contribution is 2.42. The van der Waals surface area contributed by atoms with E-state index in [4.69, 9.17) is 21.1 Å². The largest absolute Gasteiger partial charge is 0.490 e. The van der Waals surface area contributed by atoms with Crippen molar-refractivity contribution in [2.45, 2.75) is 6.92 Å². The predicted octanol–water partition coefficient (Wildman–Crippen LogP) is 6.10. The molecule has 9 nitrogen and oxygen atoms in total. The first-order chi connectivity index (χ1) is 14.9. The fraction of sp³-hybridized carbons (Fsp3) is 0.0952. The summed E-state index contributed by atoms with van der Waals surface area (Å²) in [4.78, 5) is 25.2. The van der Waals surface area contributed by atoms with Gasteiger partial charge in [-0.25, -0.2) is 0 Å². The molecule has 0 fully saturated rings. The van der Waals surface area contributed by atoms with Crippen LogP contribution in [0.25, 0.3) is 0 Å². The molecule has 0 heterocycles. The van der Waals surface area contributed by atoms with Gasteiger partial charge in [-0.15, -0.1) is 0 Å². The predicted molar refractivity (Wildman–Crippen MR) is 116 cm³/mol. The third-order valence-corrected chi connectivity index (χ3v) is 4.29. The molecule has 0 aliphatic rings. The number of benzene rings is 3. The molecule has 0 saturated carbocycles. The first kappa shape index (κ1) is 21.7. The Kier molecular flexibility index (Phi) is 6.78. The van der Waals surface area contributed by atoms with Gasteiger partial charge in [0.25, 0.3) is 5.69 Å². The molecule has 0 bridgehead atoms. The molecular formula is C21H16ClN3O6. The number of aliphatic imine (C=N–C) groups is 1. The van der Waals surface area contributed by atoms with Gasteiger partial charge in [0.15, 0.2) is 11.5 Å². The zero-order chi connectivity index (χ0) is 22.4. The quantitative estimate of drug-likeness (QED) is 0.237. The van der Waals surface area contributed by atoms with Crippen LogP contribution in [0, 0.1) is 20.2 Å². The van der Waals surface area contributed by atoms with E-state index in [0.29, 0.717) is 5.56 Å². The second-order valence-electron chi connectivity index (χ2n) is 6.13. The van der Waals surface area contributed by atoms with E-state index in [0.717, 1.165) is 23.9 Å². The summed E-state index contributed by atoms with van der Waals surface area (Å²) in [6.45, 7) is 2.05. The van der Waals surface area contributed by atoms with Crippen LogP contribution >= 0.6 is 11.6 Å². The second kappa shape index (κ2) is 9.68. The molecule has 10 heteroatoms. The zero-order valence-corrected chi connectivity index (χ0v) is 17.0. The fourth-order valence-electron chi connectivity index (χ4n) is 2.65. The van der Waals surface area contributed by atoms with Gasteiger partial charge in [0.1, 0.15) is 0 Å². The maximum atomic E-state index is 11.4. The molecular weight excluding hydrogens is 426 g/mol. The minimum Gasteiger partial charge on any atom is -0.490 e. The van der Waals surface area contributed by atoms with Crippen molar-refractivity contribution < 1.29 is 19.3 Å². The summed E-state index contributed by atoms with van der Waals surface area (Å²) in [7, 11) is 0. The maximum Gasteiger partial charge on any atom is 0.318 e. The van der Waals surface area contributed by atoms with Gasteiger partial charge in [-0.3, -0.25) is 25.2 Å².